The van der Waals surface area contributed by atoms with Gasteiger partial charge in [0.1, 0.15) is 11.6 Å². The van der Waals surface area contributed by atoms with Gasteiger partial charge in [-0.15, -0.1) is 0 Å². The summed E-state index contributed by atoms with van der Waals surface area (Å²) in [7, 11) is 0. The maximum absolute atomic E-state index is 12.7. The van der Waals surface area contributed by atoms with Gasteiger partial charge in [-0.3, -0.25) is 4.79 Å². The zero-order valence-corrected chi connectivity index (χ0v) is 15.8. The van der Waals surface area contributed by atoms with Crippen LogP contribution in [0.2, 0.25) is 0 Å². The number of fused-ring (bicyclic) bond motifs is 2. The van der Waals surface area contributed by atoms with E-state index in [1.165, 1.54) is 0 Å². The fourth-order valence-electron chi connectivity index (χ4n) is 3.44. The molecule has 0 saturated heterocycles. The van der Waals surface area contributed by atoms with E-state index in [-0.39, 0.29) is 5.91 Å². The quantitative estimate of drug-likeness (QED) is 0.445. The van der Waals surface area contributed by atoms with E-state index in [1.54, 1.807) is 6.07 Å². The highest BCUT2D eigenvalue weighted by Crippen LogP contribution is 2.24. The van der Waals surface area contributed by atoms with Gasteiger partial charge in [-0.25, -0.2) is 9.97 Å². The van der Waals surface area contributed by atoms with Crippen molar-refractivity contribution in [2.24, 2.45) is 0 Å². The predicted octanol–water partition coefficient (Wildman–Crippen LogP) is 5.34. The van der Waals surface area contributed by atoms with Gasteiger partial charge in [0.05, 0.1) is 16.6 Å². The van der Waals surface area contributed by atoms with E-state index in [0.29, 0.717) is 11.4 Å². The van der Waals surface area contributed by atoms with Gasteiger partial charge in [-0.1, -0.05) is 42.5 Å². The summed E-state index contributed by atoms with van der Waals surface area (Å²) in [4.78, 5) is 25.2. The van der Waals surface area contributed by atoms with Crippen LogP contribution < -0.4 is 5.32 Å². The van der Waals surface area contributed by atoms with Gasteiger partial charge in [0.15, 0.2) is 0 Å². The molecule has 0 atom stereocenters. The topological polar surface area (TPSA) is 70.7 Å². The second-order valence-corrected chi connectivity index (χ2v) is 6.98. The summed E-state index contributed by atoms with van der Waals surface area (Å²) in [5.74, 6) is 1.12. The van der Waals surface area contributed by atoms with Crippen LogP contribution in [0.15, 0.2) is 78.9 Å². The number of imidazole rings is 1. The average molecular weight is 378 g/mol. The van der Waals surface area contributed by atoms with E-state index in [2.05, 4.69) is 33.3 Å². The molecule has 2 heterocycles. The molecule has 0 radical (unpaired) electrons. The Hall–Kier alpha value is -3.99. The Kier molecular flexibility index (Phi) is 4.06. The lowest BCUT2D eigenvalue weighted by Crippen LogP contribution is -2.12. The van der Waals surface area contributed by atoms with Crippen molar-refractivity contribution in [2.45, 2.75) is 6.92 Å². The number of hydrogen-bond acceptors (Lipinski definition) is 3. The lowest BCUT2D eigenvalue weighted by atomic mass is 10.1. The van der Waals surface area contributed by atoms with Crippen LogP contribution in [0.1, 0.15) is 15.9 Å². The first-order valence-electron chi connectivity index (χ1n) is 9.40. The first-order valence-corrected chi connectivity index (χ1v) is 9.40. The first kappa shape index (κ1) is 17.1. The third kappa shape index (κ3) is 3.23. The van der Waals surface area contributed by atoms with Gasteiger partial charge in [-0.05, 0) is 48.9 Å². The molecule has 2 aromatic heterocycles. The fourth-order valence-corrected chi connectivity index (χ4v) is 3.44. The second kappa shape index (κ2) is 6.87. The van der Waals surface area contributed by atoms with Crippen LogP contribution in [-0.2, 0) is 0 Å². The number of anilines is 1. The van der Waals surface area contributed by atoms with Crippen molar-refractivity contribution in [1.29, 1.82) is 0 Å². The molecule has 5 rings (SSSR count). The summed E-state index contributed by atoms with van der Waals surface area (Å²) in [5, 5.41) is 3.91. The monoisotopic (exact) mass is 378 g/mol. The number of para-hydroxylation sites is 1. The van der Waals surface area contributed by atoms with E-state index in [1.807, 2.05) is 66.7 Å². The molecule has 0 spiro atoms. The van der Waals surface area contributed by atoms with Crippen molar-refractivity contribution < 1.29 is 4.79 Å². The number of aromatic amines is 1. The molecule has 5 aromatic rings. The van der Waals surface area contributed by atoms with Crippen molar-refractivity contribution >= 4 is 33.7 Å². The molecule has 0 aliphatic heterocycles. The average Bonchev–Trinajstić information content (AvgIpc) is 3.17. The number of benzene rings is 3. The predicted molar refractivity (Wildman–Crippen MR) is 116 cm³/mol. The Morgan fingerprint density at radius 3 is 2.59 bits per heavy atom. The molecule has 2 N–H and O–H groups in total. The number of hydrogen-bond donors (Lipinski definition) is 2. The maximum Gasteiger partial charge on any atom is 0.256 e. The number of H-pyrrole nitrogens is 1. The molecule has 0 unspecified atom stereocenters. The Morgan fingerprint density at radius 2 is 1.69 bits per heavy atom. The van der Waals surface area contributed by atoms with Crippen molar-refractivity contribution in [3.8, 4) is 11.4 Å². The lowest BCUT2D eigenvalue weighted by Gasteiger charge is -2.06. The SMILES string of the molecule is Cc1ccccc1-c1nc2ccc(C(=O)Nc3ccc4ccccc4n3)cc2[nH]1. The summed E-state index contributed by atoms with van der Waals surface area (Å²) in [6, 6.07) is 25.1. The number of amides is 1. The highest BCUT2D eigenvalue weighted by atomic mass is 16.1. The van der Waals surface area contributed by atoms with Crippen LogP contribution >= 0.6 is 0 Å². The number of aryl methyl sites for hydroxylation is 1. The number of nitrogens with zero attached hydrogens (tertiary/aromatic N) is 2. The lowest BCUT2D eigenvalue weighted by molar-refractivity contribution is 0.102. The number of nitrogens with one attached hydrogen (secondary N) is 2. The largest absolute Gasteiger partial charge is 0.338 e. The standard InChI is InChI=1S/C24H18N4O/c1-15-6-2-4-8-18(15)23-26-20-12-10-17(14-21(20)27-23)24(29)28-22-13-11-16-7-3-5-9-19(16)25-22/h2-14H,1H3,(H,26,27)(H,25,28,29). The minimum Gasteiger partial charge on any atom is -0.338 e. The first-order chi connectivity index (χ1) is 14.2. The molecular weight excluding hydrogens is 360 g/mol. The van der Waals surface area contributed by atoms with Crippen molar-refractivity contribution in [3.05, 3.63) is 90.0 Å². The number of rotatable bonds is 3. The van der Waals surface area contributed by atoms with E-state index in [9.17, 15) is 4.79 Å². The molecule has 0 aliphatic carbocycles. The Bertz CT molecular complexity index is 1370. The number of aromatic nitrogens is 3. The molecule has 140 valence electrons. The van der Waals surface area contributed by atoms with E-state index >= 15 is 0 Å². The Morgan fingerprint density at radius 1 is 0.862 bits per heavy atom. The summed E-state index contributed by atoms with van der Waals surface area (Å²) in [6.07, 6.45) is 0. The maximum atomic E-state index is 12.7. The zero-order chi connectivity index (χ0) is 19.8. The molecule has 1 amide bonds. The molecule has 5 nitrogen and oxygen atoms in total. The van der Waals surface area contributed by atoms with Crippen LogP contribution in [0.3, 0.4) is 0 Å². The molecule has 3 aromatic carbocycles. The Labute approximate surface area is 167 Å². The van der Waals surface area contributed by atoms with Crippen molar-refractivity contribution in [3.63, 3.8) is 0 Å². The van der Waals surface area contributed by atoms with Gasteiger partial charge in [0.2, 0.25) is 0 Å². The molecule has 5 heteroatoms. The highest BCUT2D eigenvalue weighted by molar-refractivity contribution is 6.06. The molecule has 29 heavy (non-hydrogen) atoms. The van der Waals surface area contributed by atoms with Crippen LogP contribution in [0.5, 0.6) is 0 Å². The van der Waals surface area contributed by atoms with E-state index < -0.39 is 0 Å². The summed E-state index contributed by atoms with van der Waals surface area (Å²) >= 11 is 0. The number of carbonyl (C=O) groups is 1. The van der Waals surface area contributed by atoms with Crippen LogP contribution in [-0.4, -0.2) is 20.9 Å². The van der Waals surface area contributed by atoms with Crippen LogP contribution in [0.25, 0.3) is 33.3 Å². The van der Waals surface area contributed by atoms with E-state index in [4.69, 9.17) is 0 Å². The summed E-state index contributed by atoms with van der Waals surface area (Å²) < 4.78 is 0. The minimum atomic E-state index is -0.207. The zero-order valence-electron chi connectivity index (χ0n) is 15.8. The van der Waals surface area contributed by atoms with Gasteiger partial charge in [-0.2, -0.15) is 0 Å². The number of carbonyl (C=O) groups excluding carboxylic acids is 1. The van der Waals surface area contributed by atoms with Crippen molar-refractivity contribution in [1.82, 2.24) is 15.0 Å². The Balaban J connectivity index is 1.44. The van der Waals surface area contributed by atoms with Gasteiger partial charge >= 0.3 is 0 Å². The molecule has 0 bridgehead atoms. The van der Waals surface area contributed by atoms with Gasteiger partial charge < -0.3 is 10.3 Å². The van der Waals surface area contributed by atoms with Crippen LogP contribution in [0.4, 0.5) is 5.82 Å². The van der Waals surface area contributed by atoms with Gasteiger partial charge in [0, 0.05) is 16.5 Å². The number of pyridine rings is 1. The van der Waals surface area contributed by atoms with Gasteiger partial charge in [0.25, 0.3) is 5.91 Å². The fraction of sp³-hybridized carbons (Fsp3) is 0.0417. The third-order valence-corrected chi connectivity index (χ3v) is 4.98. The molecule has 0 saturated carbocycles. The van der Waals surface area contributed by atoms with Crippen LogP contribution in [0, 0.1) is 6.92 Å². The smallest absolute Gasteiger partial charge is 0.256 e. The molecular formula is C24H18N4O. The minimum absolute atomic E-state index is 0.207. The van der Waals surface area contributed by atoms with E-state index in [0.717, 1.165) is 38.9 Å². The second-order valence-electron chi connectivity index (χ2n) is 6.98. The third-order valence-electron chi connectivity index (χ3n) is 4.98. The normalized spacial score (nSPS) is 11.1. The molecule has 0 aliphatic rings. The summed E-state index contributed by atoms with van der Waals surface area (Å²) in [6.45, 7) is 2.05. The van der Waals surface area contributed by atoms with Crippen molar-refractivity contribution in [2.75, 3.05) is 5.32 Å². The highest BCUT2D eigenvalue weighted by Gasteiger charge is 2.12. The summed E-state index contributed by atoms with van der Waals surface area (Å²) in [5.41, 5.74) is 5.23. The molecule has 0 fully saturated rings.